The first-order valence-corrected chi connectivity index (χ1v) is 15.2. The molecule has 4 heterocycles. The van der Waals surface area contributed by atoms with Crippen molar-refractivity contribution in [3.05, 3.63) is 152 Å². The van der Waals surface area contributed by atoms with Gasteiger partial charge in [0.2, 0.25) is 0 Å². The van der Waals surface area contributed by atoms with Crippen LogP contribution in [0, 0.1) is 0 Å². The van der Waals surface area contributed by atoms with Gasteiger partial charge >= 0.3 is 0 Å². The van der Waals surface area contributed by atoms with Gasteiger partial charge in [0, 0.05) is 55.6 Å². The quantitative estimate of drug-likeness (QED) is 0.210. The van der Waals surface area contributed by atoms with Crippen LogP contribution in [0.1, 0.15) is 0 Å². The first kappa shape index (κ1) is 24.3. The highest BCUT2D eigenvalue weighted by Gasteiger charge is 2.21. The lowest BCUT2D eigenvalue weighted by molar-refractivity contribution is 1.11. The first-order valence-electron chi connectivity index (χ1n) is 15.2. The van der Waals surface area contributed by atoms with Gasteiger partial charge in [0.25, 0.3) is 0 Å². The molecule has 0 fully saturated rings. The van der Waals surface area contributed by atoms with Crippen molar-refractivity contribution in [1.82, 2.24) is 23.7 Å². The maximum absolute atomic E-state index is 4.72. The SMILES string of the molecule is c1ccc(-n2c3ccc(-n4c5ccccc5c5c4ccc4c6ccccc6n(-c6ccccc6)c45)cc3c3cncnc32)cc1. The van der Waals surface area contributed by atoms with Crippen molar-refractivity contribution < 1.29 is 0 Å². The number of rotatable bonds is 3. The van der Waals surface area contributed by atoms with Crippen molar-refractivity contribution in [2.45, 2.75) is 0 Å². The van der Waals surface area contributed by atoms with E-state index in [1.807, 2.05) is 12.3 Å². The second-order valence-electron chi connectivity index (χ2n) is 11.5. The lowest BCUT2D eigenvalue weighted by Gasteiger charge is -2.11. The monoisotopic (exact) mass is 575 g/mol. The van der Waals surface area contributed by atoms with Gasteiger partial charge in [0.05, 0.1) is 27.6 Å². The van der Waals surface area contributed by atoms with E-state index in [9.17, 15) is 0 Å². The molecular weight excluding hydrogens is 550 g/mol. The zero-order valence-electron chi connectivity index (χ0n) is 24.2. The minimum atomic E-state index is 0.902. The number of hydrogen-bond donors (Lipinski definition) is 0. The van der Waals surface area contributed by atoms with Crippen LogP contribution in [-0.2, 0) is 0 Å². The Morgan fingerprint density at radius 1 is 0.400 bits per heavy atom. The van der Waals surface area contributed by atoms with Gasteiger partial charge in [-0.15, -0.1) is 0 Å². The molecule has 10 aromatic rings. The molecule has 0 N–H and O–H groups in total. The van der Waals surface area contributed by atoms with Crippen LogP contribution in [0.3, 0.4) is 0 Å². The molecule has 5 nitrogen and oxygen atoms in total. The highest BCUT2D eigenvalue weighted by atomic mass is 15.1. The first-order chi connectivity index (χ1) is 22.4. The molecule has 0 spiro atoms. The molecule has 45 heavy (non-hydrogen) atoms. The molecule has 0 radical (unpaired) electrons. The van der Waals surface area contributed by atoms with Crippen molar-refractivity contribution in [3.63, 3.8) is 0 Å². The van der Waals surface area contributed by atoms with Gasteiger partial charge in [-0.05, 0) is 60.7 Å². The van der Waals surface area contributed by atoms with E-state index in [2.05, 4.69) is 152 Å². The molecule has 0 amide bonds. The summed E-state index contributed by atoms with van der Waals surface area (Å²) in [6, 6.07) is 50.0. The average molecular weight is 576 g/mol. The third-order valence-corrected chi connectivity index (χ3v) is 9.17. The molecule has 4 aromatic heterocycles. The number of hydrogen-bond acceptors (Lipinski definition) is 2. The van der Waals surface area contributed by atoms with E-state index >= 15 is 0 Å². The summed E-state index contributed by atoms with van der Waals surface area (Å²) in [5.41, 5.74) is 10.1. The molecule has 0 bridgehead atoms. The summed E-state index contributed by atoms with van der Waals surface area (Å²) in [4.78, 5) is 9.14. The number of nitrogens with zero attached hydrogens (tertiary/aromatic N) is 5. The summed E-state index contributed by atoms with van der Waals surface area (Å²) in [6.07, 6.45) is 3.56. The molecule has 0 saturated carbocycles. The molecule has 0 aliphatic heterocycles. The van der Waals surface area contributed by atoms with Crippen molar-refractivity contribution in [2.24, 2.45) is 0 Å². The largest absolute Gasteiger partial charge is 0.309 e. The molecule has 210 valence electrons. The van der Waals surface area contributed by atoms with E-state index in [4.69, 9.17) is 4.98 Å². The third-order valence-electron chi connectivity index (χ3n) is 9.17. The van der Waals surface area contributed by atoms with Gasteiger partial charge in [-0.25, -0.2) is 9.97 Å². The Balaban J connectivity index is 1.34. The van der Waals surface area contributed by atoms with E-state index < -0.39 is 0 Å². The Bertz CT molecular complexity index is 2750. The highest BCUT2D eigenvalue weighted by Crippen LogP contribution is 2.42. The Hall–Kier alpha value is -6.20. The Morgan fingerprint density at radius 2 is 1.02 bits per heavy atom. The lowest BCUT2D eigenvalue weighted by atomic mass is 10.1. The summed E-state index contributed by atoms with van der Waals surface area (Å²) < 4.78 is 7.06. The molecular formula is C40H25N5. The van der Waals surface area contributed by atoms with Gasteiger partial charge in [-0.3, -0.25) is 4.57 Å². The highest BCUT2D eigenvalue weighted by molar-refractivity contribution is 6.26. The van der Waals surface area contributed by atoms with E-state index in [1.165, 1.54) is 43.6 Å². The minimum Gasteiger partial charge on any atom is -0.309 e. The second kappa shape index (κ2) is 9.15. The maximum atomic E-state index is 4.72. The van der Waals surface area contributed by atoms with Crippen LogP contribution in [0.5, 0.6) is 0 Å². The van der Waals surface area contributed by atoms with E-state index in [-0.39, 0.29) is 0 Å². The van der Waals surface area contributed by atoms with Crippen molar-refractivity contribution >= 4 is 65.5 Å². The summed E-state index contributed by atoms with van der Waals surface area (Å²) in [5.74, 6) is 0. The van der Waals surface area contributed by atoms with Crippen LogP contribution in [0.25, 0.3) is 82.6 Å². The third kappa shape index (κ3) is 3.32. The Labute approximate surface area is 257 Å². The number of benzene rings is 6. The van der Waals surface area contributed by atoms with Crippen LogP contribution in [0.15, 0.2) is 152 Å². The van der Waals surface area contributed by atoms with Crippen molar-refractivity contribution in [1.29, 1.82) is 0 Å². The molecule has 5 heteroatoms. The summed E-state index contributed by atoms with van der Waals surface area (Å²) in [6.45, 7) is 0. The zero-order chi connectivity index (χ0) is 29.5. The normalized spacial score (nSPS) is 12.0. The smallest absolute Gasteiger partial charge is 0.148 e. The predicted molar refractivity (Wildman–Crippen MR) is 185 cm³/mol. The number of aromatic nitrogens is 5. The van der Waals surface area contributed by atoms with Crippen molar-refractivity contribution in [2.75, 3.05) is 0 Å². The van der Waals surface area contributed by atoms with Gasteiger partial charge in [-0.1, -0.05) is 78.9 Å². The fourth-order valence-electron chi connectivity index (χ4n) is 7.35. The number of para-hydroxylation sites is 4. The Kier molecular flexibility index (Phi) is 4.93. The van der Waals surface area contributed by atoms with Crippen LogP contribution in [0.4, 0.5) is 0 Å². The van der Waals surface area contributed by atoms with E-state index in [0.717, 1.165) is 39.0 Å². The molecule has 6 aromatic carbocycles. The molecule has 0 saturated heterocycles. The van der Waals surface area contributed by atoms with E-state index in [1.54, 1.807) is 6.33 Å². The van der Waals surface area contributed by atoms with Crippen LogP contribution in [-0.4, -0.2) is 23.7 Å². The number of fused-ring (bicyclic) bond motifs is 10. The zero-order valence-corrected chi connectivity index (χ0v) is 24.2. The Morgan fingerprint density at radius 3 is 1.80 bits per heavy atom. The average Bonchev–Trinajstić information content (AvgIpc) is 3.74. The van der Waals surface area contributed by atoms with Crippen molar-refractivity contribution in [3.8, 4) is 17.1 Å². The maximum Gasteiger partial charge on any atom is 0.148 e. The lowest BCUT2D eigenvalue weighted by Crippen LogP contribution is -1.96. The van der Waals surface area contributed by atoms with Gasteiger partial charge in [0.1, 0.15) is 12.0 Å². The van der Waals surface area contributed by atoms with Gasteiger partial charge in [0.15, 0.2) is 0 Å². The molecule has 0 unspecified atom stereocenters. The molecule has 0 atom stereocenters. The minimum absolute atomic E-state index is 0.902. The fourth-order valence-corrected chi connectivity index (χ4v) is 7.35. The predicted octanol–water partition coefficient (Wildman–Crippen LogP) is 9.77. The summed E-state index contributed by atoms with van der Waals surface area (Å²) in [7, 11) is 0. The standard InChI is InChI=1S/C40H25N5/c1-3-11-26(12-4-1)44-34-17-9-7-15-29(34)30-20-22-37-38(39(30)44)31-16-8-10-18-35(31)43(37)28-19-21-36-32(23-28)33-24-41-25-42-40(33)45(36)27-13-5-2-6-14-27/h1-25H. The van der Waals surface area contributed by atoms with E-state index in [0.29, 0.717) is 0 Å². The second-order valence-corrected chi connectivity index (χ2v) is 11.5. The van der Waals surface area contributed by atoms with Crippen LogP contribution >= 0.6 is 0 Å². The summed E-state index contributed by atoms with van der Waals surface area (Å²) in [5, 5.41) is 7.14. The molecule has 0 aliphatic carbocycles. The molecule has 0 aliphatic rings. The summed E-state index contributed by atoms with van der Waals surface area (Å²) >= 11 is 0. The topological polar surface area (TPSA) is 40.6 Å². The fraction of sp³-hybridized carbons (Fsp3) is 0. The van der Waals surface area contributed by atoms with Crippen LogP contribution in [0.2, 0.25) is 0 Å². The molecule has 10 rings (SSSR count). The van der Waals surface area contributed by atoms with Gasteiger partial charge in [-0.2, -0.15) is 0 Å². The van der Waals surface area contributed by atoms with Gasteiger partial charge < -0.3 is 9.13 Å². The van der Waals surface area contributed by atoms with Crippen LogP contribution < -0.4 is 0 Å².